The molecule has 2 heterocycles. The molecule has 1 saturated heterocycles. The van der Waals surface area contributed by atoms with Crippen LogP contribution >= 0.6 is 0 Å². The Balaban J connectivity index is 1.76. The van der Waals surface area contributed by atoms with Crippen LogP contribution in [-0.2, 0) is 0 Å². The average Bonchev–Trinajstić information content (AvgIpc) is 2.92. The van der Waals surface area contributed by atoms with Gasteiger partial charge in [-0.25, -0.2) is 4.98 Å². The molecule has 0 bridgehead atoms. The van der Waals surface area contributed by atoms with E-state index in [2.05, 4.69) is 10.3 Å². The van der Waals surface area contributed by atoms with Gasteiger partial charge in [-0.1, -0.05) is 0 Å². The maximum atomic E-state index is 5.67. The zero-order valence-corrected chi connectivity index (χ0v) is 11.7. The number of benzene rings is 1. The summed E-state index contributed by atoms with van der Waals surface area (Å²) in [5.74, 6) is 2.46. The molecular formula is C15H22N4O. The molecule has 2 aromatic rings. The predicted octanol–water partition coefficient (Wildman–Crippen LogP) is 1.76. The Labute approximate surface area is 118 Å². The lowest BCUT2D eigenvalue weighted by Crippen LogP contribution is -2.28. The number of ether oxygens (including phenoxy) is 1. The van der Waals surface area contributed by atoms with Crippen LogP contribution < -0.4 is 15.8 Å². The van der Waals surface area contributed by atoms with Crippen molar-refractivity contribution in [2.24, 2.45) is 5.73 Å². The number of fused-ring (bicyclic) bond motifs is 1. The van der Waals surface area contributed by atoms with Gasteiger partial charge in [0.15, 0.2) is 0 Å². The van der Waals surface area contributed by atoms with Crippen molar-refractivity contribution < 1.29 is 4.74 Å². The summed E-state index contributed by atoms with van der Waals surface area (Å²) in [5.41, 5.74) is 7.53. The monoisotopic (exact) mass is 274 g/mol. The highest BCUT2D eigenvalue weighted by molar-refractivity contribution is 5.76. The van der Waals surface area contributed by atoms with Crippen LogP contribution in [0.15, 0.2) is 18.2 Å². The predicted molar refractivity (Wildman–Crippen MR) is 80.1 cm³/mol. The standard InChI is InChI=1S/C15H22N4O/c16-6-2-8-20-12-4-5-13-14(9-12)19-15(18-13)11-3-1-7-17-10-11/h4-5,9,11,17H,1-3,6-8,10,16H2,(H,18,19). The Hall–Kier alpha value is -1.59. The van der Waals surface area contributed by atoms with Gasteiger partial charge in [-0.15, -0.1) is 0 Å². The van der Waals surface area contributed by atoms with Gasteiger partial charge in [-0.2, -0.15) is 0 Å². The number of nitrogens with zero attached hydrogens (tertiary/aromatic N) is 1. The second-order valence-electron chi connectivity index (χ2n) is 5.33. The third kappa shape index (κ3) is 2.94. The number of rotatable bonds is 5. The van der Waals surface area contributed by atoms with Gasteiger partial charge in [-0.3, -0.25) is 0 Å². The molecule has 0 aliphatic carbocycles. The summed E-state index contributed by atoms with van der Waals surface area (Å²) in [6.07, 6.45) is 3.29. The van der Waals surface area contributed by atoms with Gasteiger partial charge in [0.05, 0.1) is 17.6 Å². The summed E-state index contributed by atoms with van der Waals surface area (Å²) < 4.78 is 5.67. The Morgan fingerprint density at radius 2 is 2.35 bits per heavy atom. The van der Waals surface area contributed by atoms with Crippen molar-refractivity contribution in [3.63, 3.8) is 0 Å². The highest BCUT2D eigenvalue weighted by atomic mass is 16.5. The molecule has 5 nitrogen and oxygen atoms in total. The topological polar surface area (TPSA) is 76.0 Å². The maximum absolute atomic E-state index is 5.67. The van der Waals surface area contributed by atoms with Crippen LogP contribution in [0.4, 0.5) is 0 Å². The van der Waals surface area contributed by atoms with Gasteiger partial charge < -0.3 is 20.8 Å². The van der Waals surface area contributed by atoms with Crippen molar-refractivity contribution in [1.29, 1.82) is 0 Å². The Bertz CT molecular complexity index is 560. The fourth-order valence-corrected chi connectivity index (χ4v) is 2.65. The van der Waals surface area contributed by atoms with E-state index in [1.807, 2.05) is 18.2 Å². The van der Waals surface area contributed by atoms with Crippen LogP contribution in [0, 0.1) is 0 Å². The number of nitrogens with one attached hydrogen (secondary N) is 2. The van der Waals surface area contributed by atoms with Gasteiger partial charge in [0.1, 0.15) is 11.6 Å². The number of aromatic nitrogens is 2. The second-order valence-corrected chi connectivity index (χ2v) is 5.33. The number of nitrogens with two attached hydrogens (primary N) is 1. The van der Waals surface area contributed by atoms with Crippen molar-refractivity contribution in [2.75, 3.05) is 26.2 Å². The fourth-order valence-electron chi connectivity index (χ4n) is 2.65. The zero-order valence-electron chi connectivity index (χ0n) is 11.7. The third-order valence-electron chi connectivity index (χ3n) is 3.77. The van der Waals surface area contributed by atoms with Crippen molar-refractivity contribution in [3.8, 4) is 5.75 Å². The molecule has 1 unspecified atom stereocenters. The van der Waals surface area contributed by atoms with Crippen LogP contribution in [0.1, 0.15) is 31.0 Å². The number of H-pyrrole nitrogens is 1. The summed E-state index contributed by atoms with van der Waals surface area (Å²) in [6, 6.07) is 6.02. The van der Waals surface area contributed by atoms with Crippen molar-refractivity contribution in [3.05, 3.63) is 24.0 Å². The van der Waals surface area contributed by atoms with E-state index in [4.69, 9.17) is 15.5 Å². The van der Waals surface area contributed by atoms with E-state index in [0.29, 0.717) is 19.1 Å². The molecule has 1 aromatic heterocycles. The van der Waals surface area contributed by atoms with E-state index in [-0.39, 0.29) is 0 Å². The summed E-state index contributed by atoms with van der Waals surface area (Å²) >= 11 is 0. The van der Waals surface area contributed by atoms with Gasteiger partial charge in [-0.05, 0) is 44.5 Å². The van der Waals surface area contributed by atoms with Gasteiger partial charge >= 0.3 is 0 Å². The van der Waals surface area contributed by atoms with Crippen molar-refractivity contribution in [1.82, 2.24) is 15.3 Å². The minimum atomic E-state index is 0.498. The third-order valence-corrected chi connectivity index (χ3v) is 3.77. The number of hydrogen-bond donors (Lipinski definition) is 3. The quantitative estimate of drug-likeness (QED) is 0.726. The van der Waals surface area contributed by atoms with Gasteiger partial charge in [0.2, 0.25) is 0 Å². The first-order valence-corrected chi connectivity index (χ1v) is 7.40. The Kier molecular flexibility index (Phi) is 4.18. The Morgan fingerprint density at radius 1 is 1.40 bits per heavy atom. The SMILES string of the molecule is NCCCOc1ccc2nc(C3CCCNC3)[nH]c2c1. The fraction of sp³-hybridized carbons (Fsp3) is 0.533. The lowest BCUT2D eigenvalue weighted by Gasteiger charge is -2.20. The number of piperidine rings is 1. The van der Waals surface area contributed by atoms with Gasteiger partial charge in [0, 0.05) is 18.5 Å². The van der Waals surface area contributed by atoms with E-state index >= 15 is 0 Å². The zero-order chi connectivity index (χ0) is 13.8. The smallest absolute Gasteiger partial charge is 0.121 e. The second kappa shape index (κ2) is 6.24. The lowest BCUT2D eigenvalue weighted by atomic mass is 9.99. The molecule has 20 heavy (non-hydrogen) atoms. The first kappa shape index (κ1) is 13.4. The van der Waals surface area contributed by atoms with E-state index in [9.17, 15) is 0 Å². The molecular weight excluding hydrogens is 252 g/mol. The van der Waals surface area contributed by atoms with Crippen molar-refractivity contribution >= 4 is 11.0 Å². The molecule has 0 saturated carbocycles. The van der Waals surface area contributed by atoms with Crippen LogP contribution in [0.25, 0.3) is 11.0 Å². The molecule has 1 fully saturated rings. The minimum absolute atomic E-state index is 0.498. The van der Waals surface area contributed by atoms with Crippen LogP contribution in [0.3, 0.4) is 0 Å². The van der Waals surface area contributed by atoms with E-state index in [0.717, 1.165) is 42.1 Å². The van der Waals surface area contributed by atoms with E-state index < -0.39 is 0 Å². The molecule has 4 N–H and O–H groups in total. The van der Waals surface area contributed by atoms with Gasteiger partial charge in [0.25, 0.3) is 0 Å². The molecule has 0 amide bonds. The summed E-state index contributed by atoms with van der Waals surface area (Å²) in [5, 5.41) is 3.43. The number of imidazole rings is 1. The highest BCUT2D eigenvalue weighted by Gasteiger charge is 2.18. The largest absolute Gasteiger partial charge is 0.493 e. The minimum Gasteiger partial charge on any atom is -0.493 e. The van der Waals surface area contributed by atoms with Crippen molar-refractivity contribution in [2.45, 2.75) is 25.2 Å². The average molecular weight is 274 g/mol. The summed E-state index contributed by atoms with van der Waals surface area (Å²) in [4.78, 5) is 8.14. The van der Waals surface area contributed by atoms with Crippen LogP contribution in [0.5, 0.6) is 5.75 Å². The maximum Gasteiger partial charge on any atom is 0.121 e. The lowest BCUT2D eigenvalue weighted by molar-refractivity contribution is 0.314. The highest BCUT2D eigenvalue weighted by Crippen LogP contribution is 2.25. The van der Waals surface area contributed by atoms with E-state index in [1.165, 1.54) is 12.8 Å². The van der Waals surface area contributed by atoms with Crippen LogP contribution in [-0.4, -0.2) is 36.2 Å². The molecule has 1 aliphatic heterocycles. The first-order chi connectivity index (χ1) is 9.86. The molecule has 5 heteroatoms. The molecule has 108 valence electrons. The first-order valence-electron chi connectivity index (χ1n) is 7.40. The number of aromatic amines is 1. The molecule has 1 aliphatic rings. The summed E-state index contributed by atoms with van der Waals surface area (Å²) in [7, 11) is 0. The molecule has 1 aromatic carbocycles. The summed E-state index contributed by atoms with van der Waals surface area (Å²) in [6.45, 7) is 3.45. The normalized spacial score (nSPS) is 19.4. The Morgan fingerprint density at radius 3 is 3.15 bits per heavy atom. The molecule has 0 spiro atoms. The van der Waals surface area contributed by atoms with Crippen LogP contribution in [0.2, 0.25) is 0 Å². The van der Waals surface area contributed by atoms with E-state index in [1.54, 1.807) is 0 Å². The molecule has 3 rings (SSSR count). The molecule has 1 atom stereocenters. The number of hydrogen-bond acceptors (Lipinski definition) is 4. The molecule has 0 radical (unpaired) electrons.